The van der Waals surface area contributed by atoms with E-state index in [0.717, 1.165) is 23.1 Å². The summed E-state index contributed by atoms with van der Waals surface area (Å²) >= 11 is 0.820. The van der Waals surface area contributed by atoms with E-state index in [4.69, 9.17) is 5.73 Å². The Morgan fingerprint density at radius 2 is 2.11 bits per heavy atom. The molecule has 1 amide bonds. The van der Waals surface area contributed by atoms with E-state index >= 15 is 0 Å². The lowest BCUT2D eigenvalue weighted by Crippen LogP contribution is -2.14. The molecule has 0 bridgehead atoms. The topological polar surface area (TPSA) is 111 Å². The monoisotopic (exact) mass is 278 g/mol. The second-order valence-corrected chi connectivity index (χ2v) is 4.74. The van der Waals surface area contributed by atoms with Crippen LogP contribution in [-0.2, 0) is 11.2 Å². The summed E-state index contributed by atoms with van der Waals surface area (Å²) in [6.07, 6.45) is 1.27. The number of carbonyl (C=O) groups excluding carboxylic acids is 1. The highest BCUT2D eigenvalue weighted by Gasteiger charge is 2.13. The number of nitrogens with zero attached hydrogens (tertiary/aromatic N) is 2. The van der Waals surface area contributed by atoms with Crippen LogP contribution in [0.2, 0.25) is 0 Å². The minimum Gasteiger partial charge on any atom is -0.399 e. The van der Waals surface area contributed by atoms with Gasteiger partial charge in [0.25, 0.3) is 0 Å². The Kier molecular flexibility index (Phi) is 3.71. The van der Waals surface area contributed by atoms with Crippen molar-refractivity contribution in [3.63, 3.8) is 0 Å². The number of amides is 1. The predicted molar refractivity (Wildman–Crippen MR) is 72.0 cm³/mol. The van der Waals surface area contributed by atoms with E-state index in [2.05, 4.69) is 10.3 Å². The molecule has 0 unspecified atom stereocenters. The van der Waals surface area contributed by atoms with Crippen molar-refractivity contribution >= 4 is 33.1 Å². The average molecular weight is 278 g/mol. The molecule has 0 saturated carbocycles. The van der Waals surface area contributed by atoms with Gasteiger partial charge < -0.3 is 11.1 Å². The van der Waals surface area contributed by atoms with Crippen LogP contribution in [0.5, 0.6) is 0 Å². The van der Waals surface area contributed by atoms with Gasteiger partial charge >= 0.3 is 5.00 Å². The van der Waals surface area contributed by atoms with Gasteiger partial charge in [0.1, 0.15) is 6.20 Å². The zero-order chi connectivity index (χ0) is 13.8. The van der Waals surface area contributed by atoms with Crippen LogP contribution in [0.25, 0.3) is 0 Å². The summed E-state index contributed by atoms with van der Waals surface area (Å²) < 4.78 is 0. The van der Waals surface area contributed by atoms with Crippen molar-refractivity contribution in [2.45, 2.75) is 6.42 Å². The molecule has 2 rings (SSSR count). The minimum atomic E-state index is -0.548. The van der Waals surface area contributed by atoms with E-state index in [1.54, 1.807) is 24.3 Å². The number of benzene rings is 1. The molecular weight excluding hydrogens is 268 g/mol. The number of aromatic nitrogens is 1. The Morgan fingerprint density at radius 1 is 1.42 bits per heavy atom. The number of nitrogens with two attached hydrogens (primary N) is 1. The molecule has 0 spiro atoms. The molecule has 0 atom stereocenters. The molecule has 98 valence electrons. The number of hydrogen-bond donors (Lipinski definition) is 2. The second kappa shape index (κ2) is 5.44. The van der Waals surface area contributed by atoms with E-state index in [1.165, 1.54) is 0 Å². The largest absolute Gasteiger partial charge is 0.399 e. The third-order valence-electron chi connectivity index (χ3n) is 2.26. The number of nitro groups is 1. The summed E-state index contributed by atoms with van der Waals surface area (Å²) in [6, 6.07) is 6.91. The highest BCUT2D eigenvalue weighted by Crippen LogP contribution is 2.24. The molecule has 3 N–H and O–H groups in total. The SMILES string of the molecule is Nc1ccc(CC(=O)Nc2ncc([N+](=O)[O-])s2)cc1. The number of rotatable bonds is 4. The van der Waals surface area contributed by atoms with Gasteiger partial charge in [0.15, 0.2) is 5.13 Å². The van der Waals surface area contributed by atoms with Gasteiger partial charge in [-0.2, -0.15) is 0 Å². The smallest absolute Gasteiger partial charge is 0.345 e. The highest BCUT2D eigenvalue weighted by molar-refractivity contribution is 7.18. The normalized spacial score (nSPS) is 10.1. The van der Waals surface area contributed by atoms with Crippen LogP contribution in [0.3, 0.4) is 0 Å². The van der Waals surface area contributed by atoms with Crippen molar-refractivity contribution in [3.8, 4) is 0 Å². The Balaban J connectivity index is 1.97. The molecule has 0 fully saturated rings. The van der Waals surface area contributed by atoms with Gasteiger partial charge in [-0.3, -0.25) is 14.9 Å². The number of thiazole rings is 1. The fourth-order valence-corrected chi connectivity index (χ4v) is 2.04. The summed E-state index contributed by atoms with van der Waals surface area (Å²) in [4.78, 5) is 25.4. The summed E-state index contributed by atoms with van der Waals surface area (Å²) in [5.41, 5.74) is 6.97. The molecule has 1 aromatic carbocycles. The standard InChI is InChI=1S/C11H10N4O3S/c12-8-3-1-7(2-4-8)5-9(16)14-11-13-6-10(19-11)15(17)18/h1-4,6H,5,12H2,(H,13,14,16). The van der Waals surface area contributed by atoms with Crippen LogP contribution >= 0.6 is 11.3 Å². The fraction of sp³-hybridized carbons (Fsp3) is 0.0909. The quantitative estimate of drug-likeness (QED) is 0.503. The Hall–Kier alpha value is -2.48. The summed E-state index contributed by atoms with van der Waals surface area (Å²) in [5.74, 6) is -0.283. The third-order valence-corrected chi connectivity index (χ3v) is 3.13. The first-order valence-corrected chi connectivity index (χ1v) is 6.11. The van der Waals surface area contributed by atoms with Crippen LogP contribution in [0.15, 0.2) is 30.5 Å². The molecule has 0 aliphatic rings. The van der Waals surface area contributed by atoms with E-state index in [-0.39, 0.29) is 22.5 Å². The fourth-order valence-electron chi connectivity index (χ4n) is 1.39. The van der Waals surface area contributed by atoms with E-state index in [0.29, 0.717) is 5.69 Å². The molecule has 2 aromatic rings. The first-order chi connectivity index (χ1) is 9.04. The van der Waals surface area contributed by atoms with Crippen molar-refractivity contribution in [1.82, 2.24) is 4.98 Å². The van der Waals surface area contributed by atoms with E-state index in [9.17, 15) is 14.9 Å². The molecule has 0 aliphatic heterocycles. The molecule has 7 nitrogen and oxygen atoms in total. The van der Waals surface area contributed by atoms with Crippen molar-refractivity contribution in [3.05, 3.63) is 46.1 Å². The maximum Gasteiger partial charge on any atom is 0.345 e. The molecule has 1 aromatic heterocycles. The third kappa shape index (κ3) is 3.49. The first kappa shape index (κ1) is 13.0. The summed E-state index contributed by atoms with van der Waals surface area (Å²) in [6.45, 7) is 0. The van der Waals surface area contributed by atoms with E-state index in [1.807, 2.05) is 0 Å². The molecule has 0 saturated heterocycles. The van der Waals surface area contributed by atoms with Gasteiger partial charge in [-0.15, -0.1) is 0 Å². The Bertz CT molecular complexity index is 609. The second-order valence-electron chi connectivity index (χ2n) is 3.73. The molecule has 8 heteroatoms. The zero-order valence-corrected chi connectivity index (χ0v) is 10.5. The van der Waals surface area contributed by atoms with Gasteiger partial charge in [-0.05, 0) is 29.0 Å². The predicted octanol–water partition coefficient (Wildman–Crippen LogP) is 1.81. The molecule has 19 heavy (non-hydrogen) atoms. The maximum atomic E-state index is 11.7. The van der Waals surface area contributed by atoms with Crippen molar-refractivity contribution in [1.29, 1.82) is 0 Å². The first-order valence-electron chi connectivity index (χ1n) is 5.29. The van der Waals surface area contributed by atoms with Crippen LogP contribution in [0.4, 0.5) is 15.8 Å². The Morgan fingerprint density at radius 3 is 2.68 bits per heavy atom. The maximum absolute atomic E-state index is 11.7. The van der Waals surface area contributed by atoms with Gasteiger partial charge in [0, 0.05) is 5.69 Å². The van der Waals surface area contributed by atoms with Crippen molar-refractivity contribution < 1.29 is 9.72 Å². The number of hydrogen-bond acceptors (Lipinski definition) is 6. The number of anilines is 2. The van der Waals surface area contributed by atoms with Gasteiger partial charge in [-0.25, -0.2) is 4.98 Å². The lowest BCUT2D eigenvalue weighted by atomic mass is 10.1. The molecular formula is C11H10N4O3S. The van der Waals surface area contributed by atoms with Crippen LogP contribution in [0, 0.1) is 10.1 Å². The minimum absolute atomic E-state index is 0.109. The molecule has 1 heterocycles. The summed E-state index contributed by atoms with van der Waals surface area (Å²) in [5, 5.41) is 13.1. The van der Waals surface area contributed by atoms with Crippen molar-refractivity contribution in [2.75, 3.05) is 11.1 Å². The van der Waals surface area contributed by atoms with E-state index < -0.39 is 4.92 Å². The highest BCUT2D eigenvalue weighted by atomic mass is 32.1. The van der Waals surface area contributed by atoms with Crippen molar-refractivity contribution in [2.24, 2.45) is 0 Å². The molecule has 0 radical (unpaired) electrons. The Labute approximate surface area is 112 Å². The van der Waals surface area contributed by atoms with Crippen LogP contribution < -0.4 is 11.1 Å². The number of nitrogens with one attached hydrogen (secondary N) is 1. The summed E-state index contributed by atoms with van der Waals surface area (Å²) in [7, 11) is 0. The van der Waals surface area contributed by atoms with Gasteiger partial charge in [0.2, 0.25) is 5.91 Å². The van der Waals surface area contributed by atoms with Gasteiger partial charge in [-0.1, -0.05) is 12.1 Å². The van der Waals surface area contributed by atoms with Crippen LogP contribution in [0.1, 0.15) is 5.56 Å². The van der Waals surface area contributed by atoms with Gasteiger partial charge in [0.05, 0.1) is 11.3 Å². The average Bonchev–Trinajstić information content (AvgIpc) is 2.80. The number of nitrogen functional groups attached to an aromatic ring is 1. The lowest BCUT2D eigenvalue weighted by Gasteiger charge is -2.02. The van der Waals surface area contributed by atoms with Crippen LogP contribution in [-0.4, -0.2) is 15.8 Å². The zero-order valence-electron chi connectivity index (χ0n) is 9.70. The lowest BCUT2D eigenvalue weighted by molar-refractivity contribution is -0.380. The molecule has 0 aliphatic carbocycles. The number of carbonyl (C=O) groups is 1.